The molecule has 1 saturated heterocycles. The van der Waals surface area contributed by atoms with Crippen LogP contribution in [0.25, 0.3) is 0 Å². The van der Waals surface area contributed by atoms with Crippen LogP contribution in [0.1, 0.15) is 27.2 Å². The summed E-state index contributed by atoms with van der Waals surface area (Å²) in [6.45, 7) is 3.73. The van der Waals surface area contributed by atoms with Gasteiger partial charge >= 0.3 is 17.9 Å². The van der Waals surface area contributed by atoms with Crippen LogP contribution in [-0.2, 0) is 33.3 Å². The van der Waals surface area contributed by atoms with Crippen molar-refractivity contribution in [1.82, 2.24) is 0 Å². The first kappa shape index (κ1) is 14.4. The second kappa shape index (κ2) is 6.34. The lowest BCUT2D eigenvalue weighted by Gasteiger charge is -2.17. The number of ether oxygens (including phenoxy) is 4. The number of hydrogen-bond acceptors (Lipinski definition) is 7. The molecular weight excluding hydrogens is 244 g/mol. The van der Waals surface area contributed by atoms with Crippen molar-refractivity contribution in [2.45, 2.75) is 45.7 Å². The summed E-state index contributed by atoms with van der Waals surface area (Å²) in [5, 5.41) is 0. The summed E-state index contributed by atoms with van der Waals surface area (Å²) < 4.78 is 20.0. The van der Waals surface area contributed by atoms with Gasteiger partial charge in [0.2, 0.25) is 6.29 Å². The molecule has 1 aliphatic rings. The molecule has 0 amide bonds. The normalized spacial score (nSPS) is 26.5. The molecule has 0 N–H and O–H groups in total. The van der Waals surface area contributed by atoms with Crippen molar-refractivity contribution in [1.29, 1.82) is 0 Å². The third-order valence-corrected chi connectivity index (χ3v) is 2.23. The van der Waals surface area contributed by atoms with Crippen molar-refractivity contribution in [3.05, 3.63) is 0 Å². The van der Waals surface area contributed by atoms with Gasteiger partial charge in [-0.15, -0.1) is 0 Å². The third-order valence-electron chi connectivity index (χ3n) is 2.23. The van der Waals surface area contributed by atoms with Crippen LogP contribution in [0, 0.1) is 0 Å². The van der Waals surface area contributed by atoms with E-state index < -0.39 is 36.4 Å². The Morgan fingerprint density at radius 2 is 1.67 bits per heavy atom. The first-order chi connectivity index (χ1) is 8.38. The summed E-state index contributed by atoms with van der Waals surface area (Å²) in [6.07, 6.45) is -1.77. The Bertz CT molecular complexity index is 338. The van der Waals surface area contributed by atoms with E-state index in [2.05, 4.69) is 0 Å². The van der Waals surface area contributed by atoms with E-state index in [0.717, 1.165) is 0 Å². The SMILES string of the molecule is CC(=O)OC[C@H]1O[C@@H](OC(C)=O)C[C@@H]1OC(C)=O. The number of esters is 3. The predicted octanol–water partition coefficient (Wildman–Crippen LogP) is 0.159. The zero-order chi connectivity index (χ0) is 13.7. The Balaban J connectivity index is 2.56. The zero-order valence-electron chi connectivity index (χ0n) is 10.5. The quantitative estimate of drug-likeness (QED) is 0.525. The van der Waals surface area contributed by atoms with Crippen LogP contribution in [0.3, 0.4) is 0 Å². The fourth-order valence-electron chi connectivity index (χ4n) is 1.62. The van der Waals surface area contributed by atoms with Gasteiger partial charge in [0, 0.05) is 20.8 Å². The molecule has 0 aromatic rings. The van der Waals surface area contributed by atoms with Gasteiger partial charge in [0.15, 0.2) is 0 Å². The van der Waals surface area contributed by atoms with E-state index in [4.69, 9.17) is 18.9 Å². The summed E-state index contributed by atoms with van der Waals surface area (Å²) in [4.78, 5) is 32.4. The Labute approximate surface area is 104 Å². The molecule has 0 aliphatic carbocycles. The lowest BCUT2D eigenvalue weighted by Crippen LogP contribution is -2.31. The molecule has 0 aromatic carbocycles. The third kappa shape index (κ3) is 4.70. The fraction of sp³-hybridized carbons (Fsp3) is 0.727. The van der Waals surface area contributed by atoms with Crippen molar-refractivity contribution in [2.75, 3.05) is 6.61 Å². The maximum absolute atomic E-state index is 10.9. The van der Waals surface area contributed by atoms with Crippen LogP contribution in [0.15, 0.2) is 0 Å². The van der Waals surface area contributed by atoms with Crippen LogP contribution in [0.4, 0.5) is 0 Å². The van der Waals surface area contributed by atoms with E-state index in [0.29, 0.717) is 0 Å². The van der Waals surface area contributed by atoms with Gasteiger partial charge in [-0.1, -0.05) is 0 Å². The Kier molecular flexibility index (Phi) is 5.08. The molecular formula is C11H16O7. The molecule has 1 heterocycles. The van der Waals surface area contributed by atoms with Crippen molar-refractivity contribution in [2.24, 2.45) is 0 Å². The summed E-state index contributed by atoms with van der Waals surface area (Å²) in [5.41, 5.74) is 0. The lowest BCUT2D eigenvalue weighted by molar-refractivity contribution is -0.179. The molecule has 1 rings (SSSR count). The molecule has 1 aliphatic heterocycles. The number of carbonyl (C=O) groups is 3. The van der Waals surface area contributed by atoms with Crippen LogP contribution >= 0.6 is 0 Å². The first-order valence-electron chi connectivity index (χ1n) is 5.51. The molecule has 0 bridgehead atoms. The summed E-state index contributed by atoms with van der Waals surface area (Å²) in [6, 6.07) is 0. The van der Waals surface area contributed by atoms with Gasteiger partial charge in [-0.05, 0) is 0 Å². The van der Waals surface area contributed by atoms with Crippen molar-refractivity contribution >= 4 is 17.9 Å². The minimum atomic E-state index is -0.785. The van der Waals surface area contributed by atoms with Gasteiger partial charge in [0.05, 0.1) is 6.42 Å². The maximum atomic E-state index is 10.9. The van der Waals surface area contributed by atoms with Gasteiger partial charge in [0.1, 0.15) is 18.8 Å². The monoisotopic (exact) mass is 260 g/mol. The van der Waals surface area contributed by atoms with E-state index in [9.17, 15) is 14.4 Å². The van der Waals surface area contributed by atoms with Crippen molar-refractivity contribution in [3.63, 3.8) is 0 Å². The van der Waals surface area contributed by atoms with Crippen molar-refractivity contribution < 1.29 is 33.3 Å². The van der Waals surface area contributed by atoms with E-state index in [1.54, 1.807) is 0 Å². The number of rotatable bonds is 4. The first-order valence-corrected chi connectivity index (χ1v) is 5.51. The standard InChI is InChI=1S/C11H16O7/c1-6(12)15-5-10-9(16-7(2)13)4-11(18-10)17-8(3)14/h9-11H,4-5H2,1-3H3/t9-,10+,11+/m0/s1. The van der Waals surface area contributed by atoms with Crippen LogP contribution in [0.5, 0.6) is 0 Å². The van der Waals surface area contributed by atoms with E-state index in [-0.39, 0.29) is 13.0 Å². The molecule has 7 heteroatoms. The number of hydrogen-bond donors (Lipinski definition) is 0. The highest BCUT2D eigenvalue weighted by molar-refractivity contribution is 5.67. The smallest absolute Gasteiger partial charge is 0.304 e. The Hall–Kier alpha value is -1.63. The topological polar surface area (TPSA) is 88.1 Å². The minimum Gasteiger partial charge on any atom is -0.463 e. The molecule has 0 radical (unpaired) electrons. The summed E-state index contributed by atoms with van der Waals surface area (Å²) in [7, 11) is 0. The maximum Gasteiger partial charge on any atom is 0.304 e. The van der Waals surface area contributed by atoms with Crippen molar-refractivity contribution in [3.8, 4) is 0 Å². The Morgan fingerprint density at radius 1 is 1.06 bits per heavy atom. The molecule has 0 unspecified atom stereocenters. The minimum absolute atomic E-state index is 0.0506. The Morgan fingerprint density at radius 3 is 2.17 bits per heavy atom. The van der Waals surface area contributed by atoms with Crippen LogP contribution in [0.2, 0.25) is 0 Å². The highest BCUT2D eigenvalue weighted by Gasteiger charge is 2.39. The highest BCUT2D eigenvalue weighted by atomic mass is 16.7. The van der Waals surface area contributed by atoms with Crippen LogP contribution in [-0.4, -0.2) is 43.0 Å². The molecule has 3 atom stereocenters. The summed E-state index contributed by atoms with van der Waals surface area (Å²) >= 11 is 0. The summed E-state index contributed by atoms with van der Waals surface area (Å²) in [5.74, 6) is -1.43. The van der Waals surface area contributed by atoms with Gasteiger partial charge in [-0.2, -0.15) is 0 Å². The number of carbonyl (C=O) groups excluding carboxylic acids is 3. The molecule has 0 aromatic heterocycles. The van der Waals surface area contributed by atoms with E-state index in [1.807, 2.05) is 0 Å². The van der Waals surface area contributed by atoms with Gasteiger partial charge in [-0.3, -0.25) is 14.4 Å². The largest absolute Gasteiger partial charge is 0.463 e. The van der Waals surface area contributed by atoms with E-state index in [1.165, 1.54) is 20.8 Å². The van der Waals surface area contributed by atoms with Gasteiger partial charge in [-0.25, -0.2) is 0 Å². The zero-order valence-corrected chi connectivity index (χ0v) is 10.5. The van der Waals surface area contributed by atoms with Crippen LogP contribution < -0.4 is 0 Å². The molecule has 0 saturated carbocycles. The highest BCUT2D eigenvalue weighted by Crippen LogP contribution is 2.24. The van der Waals surface area contributed by atoms with Gasteiger partial charge < -0.3 is 18.9 Å². The lowest BCUT2D eigenvalue weighted by atomic mass is 10.2. The molecule has 0 spiro atoms. The molecule has 7 nitrogen and oxygen atoms in total. The molecule has 18 heavy (non-hydrogen) atoms. The average molecular weight is 260 g/mol. The fourth-order valence-corrected chi connectivity index (χ4v) is 1.62. The molecule has 1 fully saturated rings. The van der Waals surface area contributed by atoms with E-state index >= 15 is 0 Å². The average Bonchev–Trinajstić information content (AvgIpc) is 2.55. The molecule has 102 valence electrons. The second-order valence-electron chi connectivity index (χ2n) is 3.90. The second-order valence-corrected chi connectivity index (χ2v) is 3.90. The predicted molar refractivity (Wildman–Crippen MR) is 57.2 cm³/mol. The van der Waals surface area contributed by atoms with Gasteiger partial charge in [0.25, 0.3) is 0 Å².